The first-order valence-electron chi connectivity index (χ1n) is 7.38. The van der Waals surface area contributed by atoms with E-state index in [1.165, 1.54) is 18.4 Å². The molecule has 1 aromatic carbocycles. The Morgan fingerprint density at radius 1 is 1.30 bits per heavy atom. The first kappa shape index (κ1) is 16.5. The summed E-state index contributed by atoms with van der Waals surface area (Å²) in [6.07, 6.45) is 3.39. The molecule has 0 aromatic heterocycles. The zero-order valence-corrected chi connectivity index (χ0v) is 12.4. The number of carbonyl (C=O) groups is 1. The molecule has 0 heterocycles. The molecule has 0 aliphatic heterocycles. The fraction of sp³-hybridized carbons (Fsp3) is 0.562. The van der Waals surface area contributed by atoms with Crippen LogP contribution in [0.2, 0.25) is 0 Å². The average Bonchev–Trinajstić information content (AvgIpc) is 2.42. The van der Waals surface area contributed by atoms with Gasteiger partial charge in [0.1, 0.15) is 0 Å². The standard InChI is InChI=1S/C16H26N2O2/c1-3-4-8-15(11-14-9-6-5-7-10-14)12-17-13(2)18-16(19)20/h5-7,9-10,13,15,17-18H,3-4,8,11-12H2,1-2H3,(H,19,20). The molecule has 0 fully saturated rings. The summed E-state index contributed by atoms with van der Waals surface area (Å²) in [6.45, 7) is 4.85. The van der Waals surface area contributed by atoms with Crippen molar-refractivity contribution in [2.45, 2.75) is 45.7 Å². The molecule has 4 nitrogen and oxygen atoms in total. The van der Waals surface area contributed by atoms with Crippen LogP contribution in [0.1, 0.15) is 38.7 Å². The van der Waals surface area contributed by atoms with Crippen LogP contribution in [-0.2, 0) is 6.42 Å². The van der Waals surface area contributed by atoms with Gasteiger partial charge in [-0.3, -0.25) is 5.32 Å². The molecule has 0 radical (unpaired) electrons. The summed E-state index contributed by atoms with van der Waals surface area (Å²) >= 11 is 0. The number of nitrogens with one attached hydrogen (secondary N) is 2. The van der Waals surface area contributed by atoms with E-state index in [2.05, 4.69) is 41.8 Å². The van der Waals surface area contributed by atoms with Gasteiger partial charge in [0.2, 0.25) is 0 Å². The minimum Gasteiger partial charge on any atom is -0.465 e. The molecule has 112 valence electrons. The van der Waals surface area contributed by atoms with Gasteiger partial charge in [-0.05, 0) is 31.2 Å². The van der Waals surface area contributed by atoms with Crippen molar-refractivity contribution in [1.29, 1.82) is 0 Å². The highest BCUT2D eigenvalue weighted by molar-refractivity contribution is 5.64. The van der Waals surface area contributed by atoms with Gasteiger partial charge < -0.3 is 10.4 Å². The molecule has 20 heavy (non-hydrogen) atoms. The van der Waals surface area contributed by atoms with Gasteiger partial charge in [-0.25, -0.2) is 4.79 Å². The predicted octanol–water partition coefficient (Wildman–Crippen LogP) is 3.24. The molecule has 1 aromatic rings. The number of hydrogen-bond donors (Lipinski definition) is 3. The number of unbranched alkanes of at least 4 members (excludes halogenated alkanes) is 1. The lowest BCUT2D eigenvalue weighted by molar-refractivity contribution is 0.187. The summed E-state index contributed by atoms with van der Waals surface area (Å²) in [5, 5.41) is 14.3. The van der Waals surface area contributed by atoms with Gasteiger partial charge in [-0.15, -0.1) is 0 Å². The molecule has 2 unspecified atom stereocenters. The van der Waals surface area contributed by atoms with E-state index in [-0.39, 0.29) is 6.17 Å². The summed E-state index contributed by atoms with van der Waals surface area (Å²) in [4.78, 5) is 10.6. The molecule has 4 heteroatoms. The van der Waals surface area contributed by atoms with E-state index in [9.17, 15) is 4.79 Å². The predicted molar refractivity (Wildman–Crippen MR) is 81.8 cm³/mol. The Balaban J connectivity index is 2.45. The fourth-order valence-corrected chi connectivity index (χ4v) is 2.30. The van der Waals surface area contributed by atoms with E-state index in [4.69, 9.17) is 5.11 Å². The Hall–Kier alpha value is -1.55. The van der Waals surface area contributed by atoms with Crippen molar-refractivity contribution in [3.63, 3.8) is 0 Å². The minimum absolute atomic E-state index is 0.215. The maximum atomic E-state index is 10.6. The average molecular weight is 278 g/mol. The van der Waals surface area contributed by atoms with E-state index < -0.39 is 6.09 Å². The Morgan fingerprint density at radius 3 is 2.60 bits per heavy atom. The van der Waals surface area contributed by atoms with Crippen LogP contribution in [0.3, 0.4) is 0 Å². The molecular formula is C16H26N2O2. The normalized spacial score (nSPS) is 13.7. The van der Waals surface area contributed by atoms with Crippen molar-refractivity contribution in [3.05, 3.63) is 35.9 Å². The second-order valence-corrected chi connectivity index (χ2v) is 5.28. The molecule has 0 saturated carbocycles. The molecule has 0 aliphatic rings. The molecule has 3 N–H and O–H groups in total. The van der Waals surface area contributed by atoms with Gasteiger partial charge >= 0.3 is 6.09 Å². The van der Waals surface area contributed by atoms with Crippen molar-refractivity contribution in [1.82, 2.24) is 10.6 Å². The van der Waals surface area contributed by atoms with E-state index in [1.807, 2.05) is 13.0 Å². The lowest BCUT2D eigenvalue weighted by Crippen LogP contribution is -2.44. The van der Waals surface area contributed by atoms with Crippen molar-refractivity contribution in [3.8, 4) is 0 Å². The third kappa shape index (κ3) is 7.14. The van der Waals surface area contributed by atoms with Crippen molar-refractivity contribution >= 4 is 6.09 Å². The zero-order chi connectivity index (χ0) is 14.8. The van der Waals surface area contributed by atoms with Crippen LogP contribution in [0.25, 0.3) is 0 Å². The van der Waals surface area contributed by atoms with E-state index in [0.717, 1.165) is 19.4 Å². The topological polar surface area (TPSA) is 61.4 Å². The summed E-state index contributed by atoms with van der Waals surface area (Å²) in [6, 6.07) is 10.5. The molecule has 0 bridgehead atoms. The Morgan fingerprint density at radius 2 is 2.00 bits per heavy atom. The monoisotopic (exact) mass is 278 g/mol. The first-order chi connectivity index (χ1) is 9.61. The highest BCUT2D eigenvalue weighted by Gasteiger charge is 2.12. The second kappa shape index (κ2) is 9.37. The van der Waals surface area contributed by atoms with Crippen LogP contribution >= 0.6 is 0 Å². The molecule has 2 atom stereocenters. The van der Waals surface area contributed by atoms with Crippen LogP contribution in [-0.4, -0.2) is 23.9 Å². The van der Waals surface area contributed by atoms with Crippen LogP contribution in [0.4, 0.5) is 4.79 Å². The summed E-state index contributed by atoms with van der Waals surface area (Å²) in [5.41, 5.74) is 1.34. The third-order valence-corrected chi connectivity index (χ3v) is 3.39. The maximum Gasteiger partial charge on any atom is 0.405 e. The highest BCUT2D eigenvalue weighted by atomic mass is 16.4. The van der Waals surface area contributed by atoms with Crippen molar-refractivity contribution in [2.24, 2.45) is 5.92 Å². The number of hydrogen-bond acceptors (Lipinski definition) is 2. The number of amides is 1. The maximum absolute atomic E-state index is 10.6. The van der Waals surface area contributed by atoms with E-state index in [1.54, 1.807) is 0 Å². The first-order valence-corrected chi connectivity index (χ1v) is 7.38. The fourth-order valence-electron chi connectivity index (χ4n) is 2.30. The molecule has 0 spiro atoms. The van der Waals surface area contributed by atoms with Crippen LogP contribution in [0, 0.1) is 5.92 Å². The van der Waals surface area contributed by atoms with Crippen LogP contribution in [0.15, 0.2) is 30.3 Å². The van der Waals surface area contributed by atoms with Gasteiger partial charge in [-0.2, -0.15) is 0 Å². The van der Waals surface area contributed by atoms with Crippen LogP contribution in [0.5, 0.6) is 0 Å². The van der Waals surface area contributed by atoms with Crippen molar-refractivity contribution in [2.75, 3.05) is 6.54 Å². The number of benzene rings is 1. The Bertz CT molecular complexity index is 381. The SMILES string of the molecule is CCCCC(CNC(C)NC(=O)O)Cc1ccccc1. The van der Waals surface area contributed by atoms with E-state index in [0.29, 0.717) is 5.92 Å². The Kier molecular flexibility index (Phi) is 7.73. The van der Waals surface area contributed by atoms with E-state index >= 15 is 0 Å². The quantitative estimate of drug-likeness (QED) is 0.608. The number of rotatable bonds is 9. The summed E-state index contributed by atoms with van der Waals surface area (Å²) in [5.74, 6) is 0.537. The smallest absolute Gasteiger partial charge is 0.405 e. The highest BCUT2D eigenvalue weighted by Crippen LogP contribution is 2.14. The number of carboxylic acid groups (broad SMARTS) is 1. The zero-order valence-electron chi connectivity index (χ0n) is 12.4. The summed E-state index contributed by atoms with van der Waals surface area (Å²) < 4.78 is 0. The van der Waals surface area contributed by atoms with Gasteiger partial charge in [0.25, 0.3) is 0 Å². The Labute approximate surface area is 121 Å². The van der Waals surface area contributed by atoms with Gasteiger partial charge in [-0.1, -0.05) is 50.1 Å². The largest absolute Gasteiger partial charge is 0.465 e. The molecule has 1 amide bonds. The lowest BCUT2D eigenvalue weighted by Gasteiger charge is -2.21. The second-order valence-electron chi connectivity index (χ2n) is 5.28. The lowest BCUT2D eigenvalue weighted by atomic mass is 9.94. The van der Waals surface area contributed by atoms with Gasteiger partial charge in [0.05, 0.1) is 6.17 Å². The molecule has 0 aliphatic carbocycles. The minimum atomic E-state index is -0.988. The molecule has 1 rings (SSSR count). The summed E-state index contributed by atoms with van der Waals surface area (Å²) in [7, 11) is 0. The molecule has 0 saturated heterocycles. The van der Waals surface area contributed by atoms with Crippen LogP contribution < -0.4 is 10.6 Å². The molecular weight excluding hydrogens is 252 g/mol. The van der Waals surface area contributed by atoms with Crippen molar-refractivity contribution < 1.29 is 9.90 Å². The van der Waals surface area contributed by atoms with Gasteiger partial charge in [0, 0.05) is 6.54 Å². The van der Waals surface area contributed by atoms with Gasteiger partial charge in [0.15, 0.2) is 0 Å². The third-order valence-electron chi connectivity index (χ3n) is 3.39.